The zero-order valence-electron chi connectivity index (χ0n) is 13.3. The van der Waals surface area contributed by atoms with Gasteiger partial charge < -0.3 is 14.5 Å². The lowest BCUT2D eigenvalue weighted by Gasteiger charge is -2.38. The molecule has 118 valence electrons. The van der Waals surface area contributed by atoms with Crippen LogP contribution in [0.4, 0.5) is 4.79 Å². The van der Waals surface area contributed by atoms with E-state index >= 15 is 0 Å². The Labute approximate surface area is 130 Å². The second kappa shape index (κ2) is 5.26. The number of aryl methyl sites for hydroxylation is 2. The Hall–Kier alpha value is -2.11. The molecule has 0 aliphatic carbocycles. The quantitative estimate of drug-likeness (QED) is 0.793. The molecule has 6 heteroatoms. The molecule has 1 atom stereocenters. The van der Waals surface area contributed by atoms with Gasteiger partial charge in [-0.05, 0) is 38.3 Å². The van der Waals surface area contributed by atoms with Crippen LogP contribution in [-0.2, 0) is 4.74 Å². The highest BCUT2D eigenvalue weighted by molar-refractivity contribution is 5.95. The first-order valence-electron chi connectivity index (χ1n) is 7.57. The van der Waals surface area contributed by atoms with Crippen LogP contribution in [0.2, 0.25) is 0 Å². The lowest BCUT2D eigenvalue weighted by molar-refractivity contribution is -0.00525. The summed E-state index contributed by atoms with van der Waals surface area (Å²) < 4.78 is 5.55. The molecule has 0 N–H and O–H groups in total. The van der Waals surface area contributed by atoms with Crippen molar-refractivity contribution in [3.05, 3.63) is 29.1 Å². The van der Waals surface area contributed by atoms with Gasteiger partial charge in [0.25, 0.3) is 5.91 Å². The third-order valence-electron chi connectivity index (χ3n) is 4.45. The Morgan fingerprint density at radius 2 is 2.14 bits per heavy atom. The molecule has 6 nitrogen and oxygen atoms in total. The Morgan fingerprint density at radius 1 is 1.36 bits per heavy atom. The molecule has 2 amide bonds. The molecule has 3 heterocycles. The summed E-state index contributed by atoms with van der Waals surface area (Å²) in [7, 11) is 1.73. The third kappa shape index (κ3) is 2.53. The smallest absolute Gasteiger partial charge is 0.410 e. The summed E-state index contributed by atoms with van der Waals surface area (Å²) in [6.45, 7) is 5.51. The van der Waals surface area contributed by atoms with Crippen LogP contribution < -0.4 is 0 Å². The predicted molar refractivity (Wildman–Crippen MR) is 80.7 cm³/mol. The van der Waals surface area contributed by atoms with Gasteiger partial charge in [0, 0.05) is 25.5 Å². The first kappa shape index (κ1) is 14.8. The average molecular weight is 303 g/mol. The van der Waals surface area contributed by atoms with Gasteiger partial charge in [0.05, 0.1) is 18.7 Å². The van der Waals surface area contributed by atoms with Gasteiger partial charge in [0.2, 0.25) is 0 Å². The van der Waals surface area contributed by atoms with Gasteiger partial charge in [-0.25, -0.2) is 4.79 Å². The molecule has 0 aromatic carbocycles. The number of piperidine rings is 1. The van der Waals surface area contributed by atoms with E-state index in [1.54, 1.807) is 23.0 Å². The Balaban J connectivity index is 1.80. The monoisotopic (exact) mass is 303 g/mol. The van der Waals surface area contributed by atoms with Gasteiger partial charge in [-0.2, -0.15) is 0 Å². The number of likely N-dealkylation sites (N-methyl/N-ethyl adjacent to an activating group) is 1. The van der Waals surface area contributed by atoms with Crippen LogP contribution in [0.3, 0.4) is 0 Å². The van der Waals surface area contributed by atoms with E-state index in [2.05, 4.69) is 4.98 Å². The van der Waals surface area contributed by atoms with E-state index in [0.29, 0.717) is 25.2 Å². The summed E-state index contributed by atoms with van der Waals surface area (Å²) >= 11 is 0. The van der Waals surface area contributed by atoms with Crippen molar-refractivity contribution < 1.29 is 14.3 Å². The van der Waals surface area contributed by atoms with E-state index in [9.17, 15) is 9.59 Å². The van der Waals surface area contributed by atoms with Crippen LogP contribution in [0.1, 0.15) is 34.5 Å². The Kier molecular flexibility index (Phi) is 3.54. The molecular weight excluding hydrogens is 282 g/mol. The summed E-state index contributed by atoms with van der Waals surface area (Å²) in [6.07, 6.45) is 2.98. The zero-order valence-corrected chi connectivity index (χ0v) is 13.3. The van der Waals surface area contributed by atoms with Crippen LogP contribution in [-0.4, -0.2) is 59.1 Å². The highest BCUT2D eigenvalue weighted by Gasteiger charge is 2.47. The number of carbonyl (C=O) groups is 2. The highest BCUT2D eigenvalue weighted by Crippen LogP contribution is 2.32. The lowest BCUT2D eigenvalue weighted by atomic mass is 9.92. The molecule has 1 aromatic rings. The normalized spacial score (nSPS) is 24.8. The molecule has 0 radical (unpaired) electrons. The second-order valence-corrected chi connectivity index (χ2v) is 6.38. The van der Waals surface area contributed by atoms with Crippen LogP contribution in [0.5, 0.6) is 0 Å². The van der Waals surface area contributed by atoms with Crippen LogP contribution in [0.25, 0.3) is 0 Å². The van der Waals surface area contributed by atoms with Crippen LogP contribution in [0.15, 0.2) is 12.3 Å². The average Bonchev–Trinajstić information content (AvgIpc) is 2.72. The molecule has 1 spiro atoms. The fourth-order valence-corrected chi connectivity index (χ4v) is 3.37. The number of hydrogen-bond acceptors (Lipinski definition) is 4. The van der Waals surface area contributed by atoms with Crippen molar-refractivity contribution in [2.45, 2.75) is 32.3 Å². The molecule has 22 heavy (non-hydrogen) atoms. The van der Waals surface area contributed by atoms with Gasteiger partial charge in [0.15, 0.2) is 0 Å². The molecule has 1 unspecified atom stereocenters. The van der Waals surface area contributed by atoms with E-state index in [-0.39, 0.29) is 12.0 Å². The van der Waals surface area contributed by atoms with Crippen molar-refractivity contribution in [1.29, 1.82) is 0 Å². The summed E-state index contributed by atoms with van der Waals surface area (Å²) in [5, 5.41) is 0. The molecule has 2 fully saturated rings. The van der Waals surface area contributed by atoms with E-state index in [1.165, 1.54) is 0 Å². The van der Waals surface area contributed by atoms with E-state index in [4.69, 9.17) is 4.74 Å². The molecule has 2 aliphatic rings. The predicted octanol–water partition coefficient (Wildman–Crippen LogP) is 1.76. The summed E-state index contributed by atoms with van der Waals surface area (Å²) in [4.78, 5) is 32.0. The number of ether oxygens (including phenoxy) is 1. The van der Waals surface area contributed by atoms with E-state index in [1.807, 2.05) is 19.9 Å². The molecule has 2 aliphatic heterocycles. The fraction of sp³-hybridized carbons (Fsp3) is 0.562. The van der Waals surface area contributed by atoms with Crippen LogP contribution in [0, 0.1) is 13.8 Å². The topological polar surface area (TPSA) is 62.7 Å². The minimum Gasteiger partial charge on any atom is -0.439 e. The number of carbonyl (C=O) groups excluding carboxylic acids is 2. The maximum Gasteiger partial charge on any atom is 0.410 e. The Bertz CT molecular complexity index is 631. The molecule has 3 rings (SSSR count). The molecule has 0 saturated carbocycles. The number of rotatable bonds is 1. The number of likely N-dealkylation sites (tertiary alicyclic amines) is 1. The lowest BCUT2D eigenvalue weighted by Crippen LogP contribution is -2.52. The highest BCUT2D eigenvalue weighted by atomic mass is 16.6. The van der Waals surface area contributed by atoms with Crippen molar-refractivity contribution in [3.8, 4) is 0 Å². The second-order valence-electron chi connectivity index (χ2n) is 6.38. The van der Waals surface area contributed by atoms with Crippen molar-refractivity contribution in [3.63, 3.8) is 0 Å². The number of nitrogens with zero attached hydrogens (tertiary/aromatic N) is 3. The molecule has 1 aromatic heterocycles. The summed E-state index contributed by atoms with van der Waals surface area (Å²) in [5.41, 5.74) is 1.90. The number of hydrogen-bond donors (Lipinski definition) is 0. The fourth-order valence-electron chi connectivity index (χ4n) is 3.37. The summed E-state index contributed by atoms with van der Waals surface area (Å²) in [5.74, 6) is -0.0327. The number of aromatic nitrogens is 1. The molecular formula is C16H21N3O3. The largest absolute Gasteiger partial charge is 0.439 e. The maximum absolute atomic E-state index is 12.8. The number of amides is 2. The standard InChI is InChI=1S/C16H21N3O3/c1-11-7-12(2)17-8-13(11)14(20)19-6-4-5-16(10-19)9-18(3)15(21)22-16/h7-8H,4-6,9-10H2,1-3H3. The zero-order chi connectivity index (χ0) is 15.9. The molecule has 0 bridgehead atoms. The number of pyridine rings is 1. The maximum atomic E-state index is 12.8. The summed E-state index contributed by atoms with van der Waals surface area (Å²) in [6, 6.07) is 1.91. The van der Waals surface area contributed by atoms with Gasteiger partial charge in [-0.15, -0.1) is 0 Å². The first-order chi connectivity index (χ1) is 10.4. The van der Waals surface area contributed by atoms with E-state index < -0.39 is 5.60 Å². The van der Waals surface area contributed by atoms with Crippen LogP contribution >= 0.6 is 0 Å². The van der Waals surface area contributed by atoms with Crippen molar-refractivity contribution in [2.24, 2.45) is 0 Å². The van der Waals surface area contributed by atoms with Crippen molar-refractivity contribution >= 4 is 12.0 Å². The first-order valence-corrected chi connectivity index (χ1v) is 7.57. The van der Waals surface area contributed by atoms with Gasteiger partial charge in [-0.1, -0.05) is 0 Å². The van der Waals surface area contributed by atoms with Crippen molar-refractivity contribution in [2.75, 3.05) is 26.7 Å². The SMILES string of the molecule is Cc1cc(C)c(C(=O)N2CCCC3(CN(C)C(=O)O3)C2)cn1. The molecule has 2 saturated heterocycles. The van der Waals surface area contributed by atoms with Gasteiger partial charge in [-0.3, -0.25) is 9.78 Å². The van der Waals surface area contributed by atoms with E-state index in [0.717, 1.165) is 24.1 Å². The third-order valence-corrected chi connectivity index (χ3v) is 4.45. The van der Waals surface area contributed by atoms with Gasteiger partial charge >= 0.3 is 6.09 Å². The van der Waals surface area contributed by atoms with Gasteiger partial charge in [0.1, 0.15) is 5.60 Å². The minimum atomic E-state index is -0.550. The minimum absolute atomic E-state index is 0.0327. The van der Waals surface area contributed by atoms with Crippen molar-refractivity contribution in [1.82, 2.24) is 14.8 Å². The Morgan fingerprint density at radius 3 is 2.77 bits per heavy atom.